The van der Waals surface area contributed by atoms with E-state index in [0.717, 1.165) is 0 Å². The summed E-state index contributed by atoms with van der Waals surface area (Å²) in [4.78, 5) is 13.7. The fourth-order valence-electron chi connectivity index (χ4n) is 1.75. The Morgan fingerprint density at radius 1 is 1.35 bits per heavy atom. The Kier molecular flexibility index (Phi) is 6.06. The van der Waals surface area contributed by atoms with Crippen LogP contribution in [-0.2, 0) is 4.79 Å². The molecule has 5 heteroatoms. The largest absolute Gasteiger partial charge is 0.482 e. The van der Waals surface area contributed by atoms with Crippen molar-refractivity contribution < 1.29 is 9.53 Å². The molecule has 104 valence electrons. The number of carbonyl (C=O) groups excluding carboxylic acids is 1. The minimum atomic E-state index is -0.192. The first-order valence-corrected chi connectivity index (χ1v) is 6.38. The van der Waals surface area contributed by atoms with Crippen molar-refractivity contribution in [1.29, 1.82) is 10.5 Å². The molecule has 0 saturated heterocycles. The van der Waals surface area contributed by atoms with Crippen LogP contribution in [0.5, 0.6) is 5.75 Å². The first-order valence-electron chi connectivity index (χ1n) is 6.38. The molecule has 0 radical (unpaired) electrons. The van der Waals surface area contributed by atoms with Gasteiger partial charge in [-0.15, -0.1) is 0 Å². The van der Waals surface area contributed by atoms with Gasteiger partial charge >= 0.3 is 0 Å². The molecule has 0 saturated carbocycles. The molecule has 0 fully saturated rings. The zero-order valence-corrected chi connectivity index (χ0v) is 11.7. The molecule has 0 aliphatic heterocycles. The molecule has 1 aromatic rings. The Bertz CT molecular complexity index is 541. The maximum atomic E-state index is 12.1. The van der Waals surface area contributed by atoms with Gasteiger partial charge in [0.15, 0.2) is 6.61 Å². The van der Waals surface area contributed by atoms with Crippen molar-refractivity contribution in [3.8, 4) is 17.9 Å². The van der Waals surface area contributed by atoms with E-state index in [1.165, 1.54) is 0 Å². The van der Waals surface area contributed by atoms with Gasteiger partial charge in [0.25, 0.3) is 5.91 Å². The van der Waals surface area contributed by atoms with Crippen molar-refractivity contribution in [2.75, 3.05) is 13.2 Å². The average molecular weight is 271 g/mol. The van der Waals surface area contributed by atoms with Crippen molar-refractivity contribution in [3.05, 3.63) is 29.8 Å². The summed E-state index contributed by atoms with van der Waals surface area (Å²) in [5, 5.41) is 17.5. The van der Waals surface area contributed by atoms with Crippen LogP contribution in [0.4, 0.5) is 0 Å². The fraction of sp³-hybridized carbons (Fsp3) is 0.400. The summed E-state index contributed by atoms with van der Waals surface area (Å²) >= 11 is 0. The Labute approximate surface area is 119 Å². The molecule has 0 aliphatic rings. The maximum absolute atomic E-state index is 12.1. The summed E-state index contributed by atoms with van der Waals surface area (Å²) < 4.78 is 5.40. The van der Waals surface area contributed by atoms with Crippen LogP contribution >= 0.6 is 0 Å². The molecule has 0 aliphatic carbocycles. The molecule has 1 aromatic carbocycles. The first kappa shape index (κ1) is 15.5. The van der Waals surface area contributed by atoms with Gasteiger partial charge in [0, 0.05) is 12.6 Å². The van der Waals surface area contributed by atoms with Crippen molar-refractivity contribution in [2.24, 2.45) is 0 Å². The average Bonchev–Trinajstić information content (AvgIpc) is 2.45. The molecule has 0 N–H and O–H groups in total. The van der Waals surface area contributed by atoms with Crippen LogP contribution in [0.25, 0.3) is 0 Å². The van der Waals surface area contributed by atoms with E-state index in [4.69, 9.17) is 15.3 Å². The van der Waals surface area contributed by atoms with Crippen molar-refractivity contribution in [1.82, 2.24) is 4.90 Å². The summed E-state index contributed by atoms with van der Waals surface area (Å²) in [5.74, 6) is 0.204. The molecule has 0 bridgehead atoms. The summed E-state index contributed by atoms with van der Waals surface area (Å²) in [6, 6.07) is 10.8. The quantitative estimate of drug-likeness (QED) is 0.793. The third kappa shape index (κ3) is 4.29. The van der Waals surface area contributed by atoms with Gasteiger partial charge in [-0.1, -0.05) is 12.1 Å². The molecule has 20 heavy (non-hydrogen) atoms. The minimum absolute atomic E-state index is 0.00524. The summed E-state index contributed by atoms with van der Waals surface area (Å²) in [6.45, 7) is 4.02. The maximum Gasteiger partial charge on any atom is 0.260 e. The van der Waals surface area contributed by atoms with Gasteiger partial charge in [-0.3, -0.25) is 4.79 Å². The molecule has 1 amide bonds. The Morgan fingerprint density at radius 3 is 2.65 bits per heavy atom. The number of carbonyl (C=O) groups is 1. The van der Waals surface area contributed by atoms with E-state index >= 15 is 0 Å². The van der Waals surface area contributed by atoms with E-state index in [1.807, 2.05) is 26.0 Å². The van der Waals surface area contributed by atoms with Crippen molar-refractivity contribution in [2.45, 2.75) is 26.3 Å². The lowest BCUT2D eigenvalue weighted by molar-refractivity contribution is -0.135. The highest BCUT2D eigenvalue weighted by atomic mass is 16.5. The second-order valence-corrected chi connectivity index (χ2v) is 4.49. The van der Waals surface area contributed by atoms with Gasteiger partial charge in [0.05, 0.1) is 18.1 Å². The van der Waals surface area contributed by atoms with Crippen LogP contribution in [0.3, 0.4) is 0 Å². The lowest BCUT2D eigenvalue weighted by Gasteiger charge is -2.25. The highest BCUT2D eigenvalue weighted by Crippen LogP contribution is 2.16. The molecule has 0 atom stereocenters. The second kappa shape index (κ2) is 7.81. The number of rotatable bonds is 6. The van der Waals surface area contributed by atoms with Gasteiger partial charge in [-0.05, 0) is 26.0 Å². The third-order valence-corrected chi connectivity index (χ3v) is 2.77. The summed E-state index contributed by atoms with van der Waals surface area (Å²) in [6.07, 6.45) is 0.290. The molecule has 5 nitrogen and oxygen atoms in total. The number of ether oxygens (including phenoxy) is 1. The topological polar surface area (TPSA) is 77.1 Å². The number of benzene rings is 1. The van der Waals surface area contributed by atoms with Crippen molar-refractivity contribution >= 4 is 5.91 Å². The molecular weight excluding hydrogens is 254 g/mol. The van der Waals surface area contributed by atoms with Gasteiger partial charge in [-0.25, -0.2) is 0 Å². The number of hydrogen-bond donors (Lipinski definition) is 0. The zero-order chi connectivity index (χ0) is 15.0. The fourth-order valence-corrected chi connectivity index (χ4v) is 1.75. The molecule has 0 heterocycles. The van der Waals surface area contributed by atoms with Crippen LogP contribution in [0.1, 0.15) is 25.8 Å². The minimum Gasteiger partial charge on any atom is -0.482 e. The predicted molar refractivity (Wildman–Crippen MR) is 73.7 cm³/mol. The monoisotopic (exact) mass is 271 g/mol. The lowest BCUT2D eigenvalue weighted by atomic mass is 10.2. The number of nitriles is 2. The first-order chi connectivity index (χ1) is 9.60. The van der Waals surface area contributed by atoms with Gasteiger partial charge in [0.1, 0.15) is 11.8 Å². The zero-order valence-electron chi connectivity index (χ0n) is 11.7. The van der Waals surface area contributed by atoms with Gasteiger partial charge < -0.3 is 9.64 Å². The standard InChI is InChI=1S/C15H17N3O2/c1-12(2)18(9-5-8-16)15(19)11-20-14-7-4-3-6-13(14)10-17/h3-4,6-7,12H,5,9,11H2,1-2H3. The van der Waals surface area contributed by atoms with E-state index in [-0.39, 0.29) is 18.6 Å². The number of amides is 1. The molecular formula is C15H17N3O2. The van der Waals surface area contributed by atoms with Crippen LogP contribution in [0.2, 0.25) is 0 Å². The highest BCUT2D eigenvalue weighted by molar-refractivity contribution is 5.78. The number of para-hydroxylation sites is 1. The Morgan fingerprint density at radius 2 is 2.05 bits per heavy atom. The number of nitrogens with zero attached hydrogens (tertiary/aromatic N) is 3. The lowest BCUT2D eigenvalue weighted by Crippen LogP contribution is -2.40. The van der Waals surface area contributed by atoms with Crippen molar-refractivity contribution in [3.63, 3.8) is 0 Å². The molecule has 0 unspecified atom stereocenters. The SMILES string of the molecule is CC(C)N(CCC#N)C(=O)COc1ccccc1C#N. The third-order valence-electron chi connectivity index (χ3n) is 2.77. The van der Waals surface area contributed by atoms with Gasteiger partial charge in [-0.2, -0.15) is 10.5 Å². The van der Waals surface area contributed by atoms with E-state index in [1.54, 1.807) is 29.2 Å². The molecule has 0 aromatic heterocycles. The summed E-state index contributed by atoms with van der Waals surface area (Å²) in [5.41, 5.74) is 0.397. The molecule has 0 spiro atoms. The van der Waals surface area contributed by atoms with E-state index < -0.39 is 0 Å². The van der Waals surface area contributed by atoms with E-state index in [2.05, 4.69) is 0 Å². The smallest absolute Gasteiger partial charge is 0.260 e. The van der Waals surface area contributed by atoms with E-state index in [0.29, 0.717) is 24.3 Å². The van der Waals surface area contributed by atoms with Crippen LogP contribution in [0.15, 0.2) is 24.3 Å². The predicted octanol–water partition coefficient (Wildman–Crippen LogP) is 2.09. The van der Waals surface area contributed by atoms with E-state index in [9.17, 15) is 4.79 Å². The Balaban J connectivity index is 2.66. The normalized spacial score (nSPS) is 9.65. The van der Waals surface area contributed by atoms with Crippen LogP contribution in [-0.4, -0.2) is 30.0 Å². The molecule has 1 rings (SSSR count). The Hall–Kier alpha value is -2.53. The highest BCUT2D eigenvalue weighted by Gasteiger charge is 2.17. The van der Waals surface area contributed by atoms with Crippen LogP contribution in [0, 0.1) is 22.7 Å². The van der Waals surface area contributed by atoms with Gasteiger partial charge in [0.2, 0.25) is 0 Å². The number of hydrogen-bond acceptors (Lipinski definition) is 4. The second-order valence-electron chi connectivity index (χ2n) is 4.49. The van der Waals surface area contributed by atoms with Crippen LogP contribution < -0.4 is 4.74 Å². The summed E-state index contributed by atoms with van der Waals surface area (Å²) in [7, 11) is 0.